The first-order valence-electron chi connectivity index (χ1n) is 6.20. The van der Waals surface area contributed by atoms with Crippen LogP contribution in [0.5, 0.6) is 5.75 Å². The summed E-state index contributed by atoms with van der Waals surface area (Å²) < 4.78 is 10.8. The SMILES string of the molecule is CCCc1noc(COc2cc(C)cc(C)c2)n1. The molecule has 0 aliphatic carbocycles. The van der Waals surface area contributed by atoms with Crippen molar-refractivity contribution in [2.45, 2.75) is 40.2 Å². The van der Waals surface area contributed by atoms with Crippen molar-refractivity contribution < 1.29 is 9.26 Å². The highest BCUT2D eigenvalue weighted by Gasteiger charge is 2.06. The van der Waals surface area contributed by atoms with Gasteiger partial charge in [-0.05, 0) is 43.5 Å². The molecule has 1 aromatic heterocycles. The standard InChI is InChI=1S/C14H18N2O2/c1-4-5-13-15-14(18-16-13)9-17-12-7-10(2)6-11(3)8-12/h6-8H,4-5,9H2,1-3H3. The highest BCUT2D eigenvalue weighted by molar-refractivity contribution is 5.32. The predicted octanol–water partition coefficient (Wildman–Crippen LogP) is 3.22. The topological polar surface area (TPSA) is 48.2 Å². The van der Waals surface area contributed by atoms with Crippen molar-refractivity contribution in [1.82, 2.24) is 10.1 Å². The molecule has 0 saturated carbocycles. The molecule has 4 heteroatoms. The van der Waals surface area contributed by atoms with Gasteiger partial charge in [0.15, 0.2) is 12.4 Å². The number of hydrogen-bond donors (Lipinski definition) is 0. The second kappa shape index (κ2) is 5.67. The van der Waals surface area contributed by atoms with Crippen LogP contribution in [-0.4, -0.2) is 10.1 Å². The van der Waals surface area contributed by atoms with Crippen LogP contribution in [0.25, 0.3) is 0 Å². The number of benzene rings is 1. The molecule has 0 unspecified atom stereocenters. The van der Waals surface area contributed by atoms with E-state index in [4.69, 9.17) is 9.26 Å². The Kier molecular flexibility index (Phi) is 3.97. The van der Waals surface area contributed by atoms with E-state index in [0.717, 1.165) is 24.4 Å². The summed E-state index contributed by atoms with van der Waals surface area (Å²) in [6.45, 7) is 6.50. The Balaban J connectivity index is 1.97. The first-order chi connectivity index (χ1) is 8.67. The van der Waals surface area contributed by atoms with Gasteiger partial charge in [0.05, 0.1) is 0 Å². The van der Waals surface area contributed by atoms with Gasteiger partial charge in [-0.1, -0.05) is 18.1 Å². The summed E-state index contributed by atoms with van der Waals surface area (Å²) in [7, 11) is 0. The number of aryl methyl sites for hydroxylation is 3. The van der Waals surface area contributed by atoms with E-state index in [1.807, 2.05) is 26.0 Å². The lowest BCUT2D eigenvalue weighted by atomic mass is 10.1. The zero-order chi connectivity index (χ0) is 13.0. The van der Waals surface area contributed by atoms with E-state index in [1.165, 1.54) is 11.1 Å². The molecule has 2 aromatic rings. The van der Waals surface area contributed by atoms with E-state index >= 15 is 0 Å². The number of rotatable bonds is 5. The molecule has 96 valence electrons. The van der Waals surface area contributed by atoms with Crippen LogP contribution in [0.3, 0.4) is 0 Å². The second-order valence-corrected chi connectivity index (χ2v) is 4.47. The van der Waals surface area contributed by atoms with Crippen LogP contribution in [0, 0.1) is 13.8 Å². The number of nitrogens with zero attached hydrogens (tertiary/aromatic N) is 2. The molecule has 2 rings (SSSR count). The van der Waals surface area contributed by atoms with Crippen molar-refractivity contribution in [2.75, 3.05) is 0 Å². The zero-order valence-electron chi connectivity index (χ0n) is 11.1. The second-order valence-electron chi connectivity index (χ2n) is 4.47. The van der Waals surface area contributed by atoms with Gasteiger partial charge in [-0.3, -0.25) is 0 Å². The summed E-state index contributed by atoms with van der Waals surface area (Å²) >= 11 is 0. The molecule has 18 heavy (non-hydrogen) atoms. The molecule has 4 nitrogen and oxygen atoms in total. The van der Waals surface area contributed by atoms with Crippen molar-refractivity contribution in [1.29, 1.82) is 0 Å². The van der Waals surface area contributed by atoms with Crippen LogP contribution in [0.15, 0.2) is 22.7 Å². The third kappa shape index (κ3) is 3.32. The Morgan fingerprint density at radius 2 is 1.89 bits per heavy atom. The average Bonchev–Trinajstić information content (AvgIpc) is 2.74. The minimum atomic E-state index is 0.319. The van der Waals surface area contributed by atoms with Crippen molar-refractivity contribution in [3.8, 4) is 5.75 Å². The van der Waals surface area contributed by atoms with E-state index in [0.29, 0.717) is 12.5 Å². The predicted molar refractivity (Wildman–Crippen MR) is 68.5 cm³/mol. The van der Waals surface area contributed by atoms with Gasteiger partial charge >= 0.3 is 0 Å². The highest BCUT2D eigenvalue weighted by Crippen LogP contribution is 2.17. The Hall–Kier alpha value is -1.84. The summed E-state index contributed by atoms with van der Waals surface area (Å²) in [5, 5.41) is 3.89. The van der Waals surface area contributed by atoms with Gasteiger partial charge in [-0.25, -0.2) is 0 Å². The van der Waals surface area contributed by atoms with Gasteiger partial charge in [0, 0.05) is 6.42 Å². The quantitative estimate of drug-likeness (QED) is 0.812. The molecule has 0 radical (unpaired) electrons. The fourth-order valence-electron chi connectivity index (χ4n) is 1.84. The largest absolute Gasteiger partial charge is 0.484 e. The molecule has 0 atom stereocenters. The summed E-state index contributed by atoms with van der Waals surface area (Å²) in [4.78, 5) is 4.26. The van der Waals surface area contributed by atoms with Crippen LogP contribution < -0.4 is 4.74 Å². The van der Waals surface area contributed by atoms with Gasteiger partial charge in [-0.15, -0.1) is 0 Å². The molecule has 0 fully saturated rings. The van der Waals surface area contributed by atoms with Crippen molar-refractivity contribution in [3.63, 3.8) is 0 Å². The van der Waals surface area contributed by atoms with Gasteiger partial charge in [0.25, 0.3) is 5.89 Å². The van der Waals surface area contributed by atoms with Crippen molar-refractivity contribution >= 4 is 0 Å². The van der Waals surface area contributed by atoms with E-state index in [1.54, 1.807) is 0 Å². The van der Waals surface area contributed by atoms with Crippen LogP contribution in [0.1, 0.15) is 36.2 Å². The fraction of sp³-hybridized carbons (Fsp3) is 0.429. The van der Waals surface area contributed by atoms with Crippen LogP contribution in [0.4, 0.5) is 0 Å². The van der Waals surface area contributed by atoms with E-state index in [2.05, 4.69) is 23.1 Å². The Bertz CT molecular complexity index is 500. The molecule has 0 N–H and O–H groups in total. The molecule has 0 bridgehead atoms. The van der Waals surface area contributed by atoms with Crippen LogP contribution >= 0.6 is 0 Å². The monoisotopic (exact) mass is 246 g/mol. The molecule has 1 heterocycles. The van der Waals surface area contributed by atoms with Gasteiger partial charge in [0.2, 0.25) is 0 Å². The summed E-state index contributed by atoms with van der Waals surface area (Å²) in [6.07, 6.45) is 1.85. The lowest BCUT2D eigenvalue weighted by Gasteiger charge is -2.05. The Labute approximate surface area is 107 Å². The molecule has 0 amide bonds. The Morgan fingerprint density at radius 3 is 2.56 bits per heavy atom. The van der Waals surface area contributed by atoms with Crippen LogP contribution in [-0.2, 0) is 13.0 Å². The van der Waals surface area contributed by atoms with Crippen LogP contribution in [0.2, 0.25) is 0 Å². The number of aromatic nitrogens is 2. The van der Waals surface area contributed by atoms with Gasteiger partial charge in [-0.2, -0.15) is 4.98 Å². The molecular formula is C14H18N2O2. The Morgan fingerprint density at radius 1 is 1.17 bits per heavy atom. The normalized spacial score (nSPS) is 10.6. The maximum atomic E-state index is 5.65. The third-order valence-electron chi connectivity index (χ3n) is 2.54. The van der Waals surface area contributed by atoms with Gasteiger partial charge < -0.3 is 9.26 Å². The minimum absolute atomic E-state index is 0.319. The molecule has 0 aliphatic rings. The lowest BCUT2D eigenvalue weighted by molar-refractivity contribution is 0.242. The first kappa shape index (κ1) is 12.6. The minimum Gasteiger partial charge on any atom is -0.484 e. The van der Waals surface area contributed by atoms with E-state index < -0.39 is 0 Å². The maximum Gasteiger partial charge on any atom is 0.264 e. The first-order valence-corrected chi connectivity index (χ1v) is 6.20. The molecular weight excluding hydrogens is 228 g/mol. The van der Waals surface area contributed by atoms with E-state index in [9.17, 15) is 0 Å². The highest BCUT2D eigenvalue weighted by atomic mass is 16.5. The molecule has 1 aromatic carbocycles. The molecule has 0 spiro atoms. The van der Waals surface area contributed by atoms with E-state index in [-0.39, 0.29) is 0 Å². The van der Waals surface area contributed by atoms with Gasteiger partial charge in [0.1, 0.15) is 5.75 Å². The number of hydrogen-bond acceptors (Lipinski definition) is 4. The number of ether oxygens (including phenoxy) is 1. The lowest BCUT2D eigenvalue weighted by Crippen LogP contribution is -1.97. The average molecular weight is 246 g/mol. The zero-order valence-corrected chi connectivity index (χ0v) is 11.1. The third-order valence-corrected chi connectivity index (χ3v) is 2.54. The molecule has 0 saturated heterocycles. The van der Waals surface area contributed by atoms with Crippen molar-refractivity contribution in [2.24, 2.45) is 0 Å². The fourth-order valence-corrected chi connectivity index (χ4v) is 1.84. The summed E-state index contributed by atoms with van der Waals surface area (Å²) in [5.74, 6) is 2.11. The molecule has 0 aliphatic heterocycles. The maximum absolute atomic E-state index is 5.65. The van der Waals surface area contributed by atoms with Crippen molar-refractivity contribution in [3.05, 3.63) is 41.0 Å². The summed E-state index contributed by atoms with van der Waals surface area (Å²) in [6, 6.07) is 6.10. The summed E-state index contributed by atoms with van der Waals surface area (Å²) in [5.41, 5.74) is 2.37. The smallest absolute Gasteiger partial charge is 0.264 e.